The minimum Gasteiger partial charge on any atom is -1.00 e. The largest absolute Gasteiger partial charge is 1.00 e. The van der Waals surface area contributed by atoms with Crippen molar-refractivity contribution in [3.05, 3.63) is 60.3 Å². The van der Waals surface area contributed by atoms with Gasteiger partial charge < -0.3 is 34.6 Å². The predicted octanol–water partition coefficient (Wildman–Crippen LogP) is -3.39. The van der Waals surface area contributed by atoms with Gasteiger partial charge in [0.1, 0.15) is 50.0 Å². The van der Waals surface area contributed by atoms with Crippen LogP contribution >= 0.6 is 0 Å². The van der Waals surface area contributed by atoms with Crippen LogP contribution in [-0.4, -0.2) is 70.7 Å². The SMILES string of the molecule is O=C(CN1[C+]=CC(=C2C=[C+]N(CC(=O)N3CCCCC3)C=C2)C=C1)N1CCCCC1.[Cl-].[Cl-]. The molecule has 4 aliphatic heterocycles. The highest BCUT2D eigenvalue weighted by Gasteiger charge is 2.25. The number of likely N-dealkylation sites (tertiary alicyclic amines) is 2. The van der Waals surface area contributed by atoms with Gasteiger partial charge in [-0.25, -0.2) is 0 Å². The van der Waals surface area contributed by atoms with Crippen LogP contribution in [-0.2, 0) is 9.59 Å². The maximum Gasteiger partial charge on any atom is 0.246 e. The van der Waals surface area contributed by atoms with Crippen molar-refractivity contribution in [1.82, 2.24) is 19.6 Å². The number of hydrogen-bond donors (Lipinski definition) is 0. The topological polar surface area (TPSA) is 47.1 Å². The van der Waals surface area contributed by atoms with E-state index >= 15 is 0 Å². The van der Waals surface area contributed by atoms with Gasteiger partial charge in [0, 0.05) is 26.2 Å². The van der Waals surface area contributed by atoms with E-state index in [0.717, 1.165) is 63.0 Å². The van der Waals surface area contributed by atoms with Gasteiger partial charge in [0.25, 0.3) is 0 Å². The fourth-order valence-electron chi connectivity index (χ4n) is 4.16. The molecule has 0 spiro atoms. The second kappa shape index (κ2) is 12.6. The number of halogens is 2. The summed E-state index contributed by atoms with van der Waals surface area (Å²) < 4.78 is 0. The summed E-state index contributed by atoms with van der Waals surface area (Å²) in [4.78, 5) is 32.3. The molecule has 2 saturated heterocycles. The van der Waals surface area contributed by atoms with Crippen molar-refractivity contribution in [2.24, 2.45) is 0 Å². The summed E-state index contributed by atoms with van der Waals surface area (Å²) in [6.07, 6.45) is 24.8. The summed E-state index contributed by atoms with van der Waals surface area (Å²) in [6, 6.07) is 0. The van der Waals surface area contributed by atoms with Crippen molar-refractivity contribution in [2.75, 3.05) is 39.3 Å². The van der Waals surface area contributed by atoms with E-state index in [2.05, 4.69) is 12.4 Å². The van der Waals surface area contributed by atoms with Crippen LogP contribution in [0.1, 0.15) is 38.5 Å². The molecule has 0 saturated carbocycles. The first-order chi connectivity index (χ1) is 14.7. The Morgan fingerprint density at radius 3 is 1.34 bits per heavy atom. The molecule has 4 heterocycles. The third-order valence-corrected chi connectivity index (χ3v) is 6.00. The van der Waals surface area contributed by atoms with Crippen LogP contribution in [0.3, 0.4) is 0 Å². The van der Waals surface area contributed by atoms with Gasteiger partial charge in [-0.05, 0) is 38.5 Å². The molecule has 0 aromatic rings. The van der Waals surface area contributed by atoms with Gasteiger partial charge >= 0.3 is 0 Å². The molecule has 0 unspecified atom stereocenters. The van der Waals surface area contributed by atoms with Crippen LogP contribution in [0.15, 0.2) is 47.9 Å². The number of amides is 2. The minimum atomic E-state index is 0. The summed E-state index contributed by atoms with van der Waals surface area (Å²) in [5.74, 6) is 0.326. The van der Waals surface area contributed by atoms with Gasteiger partial charge in [-0.1, -0.05) is 0 Å². The van der Waals surface area contributed by atoms with E-state index in [1.54, 1.807) is 0 Å². The number of nitrogens with zero attached hydrogens (tertiary/aromatic N) is 4. The van der Waals surface area contributed by atoms with Gasteiger partial charge in [-0.15, -0.1) is 0 Å². The second-order valence-corrected chi connectivity index (χ2v) is 8.23. The van der Waals surface area contributed by atoms with Crippen LogP contribution < -0.4 is 24.8 Å². The smallest absolute Gasteiger partial charge is 0.246 e. The minimum absolute atomic E-state index is 0. The monoisotopic (exact) mass is 476 g/mol. The van der Waals surface area contributed by atoms with E-state index < -0.39 is 0 Å². The third-order valence-electron chi connectivity index (χ3n) is 6.00. The predicted molar refractivity (Wildman–Crippen MR) is 115 cm³/mol. The molecule has 4 rings (SSSR count). The van der Waals surface area contributed by atoms with E-state index in [4.69, 9.17) is 0 Å². The normalized spacial score (nSPS) is 22.0. The number of allylic oxidation sites excluding steroid dienone is 6. The summed E-state index contributed by atoms with van der Waals surface area (Å²) in [5.41, 5.74) is 2.03. The third kappa shape index (κ3) is 6.82. The molecule has 0 bridgehead atoms. The first-order valence-corrected chi connectivity index (χ1v) is 11.1. The average molecular weight is 477 g/mol. The number of carbonyl (C=O) groups is 2. The summed E-state index contributed by atoms with van der Waals surface area (Å²) >= 11 is 0. The van der Waals surface area contributed by atoms with E-state index in [9.17, 15) is 9.59 Å². The van der Waals surface area contributed by atoms with Gasteiger partial charge in [-0.2, -0.15) is 9.80 Å². The van der Waals surface area contributed by atoms with Crippen molar-refractivity contribution in [3.8, 4) is 0 Å². The van der Waals surface area contributed by atoms with E-state index in [0.29, 0.717) is 13.1 Å². The lowest BCUT2D eigenvalue weighted by atomic mass is 10.0. The van der Waals surface area contributed by atoms with Crippen LogP contribution in [0.2, 0.25) is 0 Å². The highest BCUT2D eigenvalue weighted by Crippen LogP contribution is 2.20. The zero-order valence-electron chi connectivity index (χ0n) is 18.3. The molecule has 0 N–H and O–H groups in total. The highest BCUT2D eigenvalue weighted by molar-refractivity contribution is 5.79. The molecule has 0 radical (unpaired) electrons. The number of hydrogen-bond acceptors (Lipinski definition) is 4. The Labute approximate surface area is 203 Å². The van der Waals surface area contributed by atoms with Crippen LogP contribution in [0.4, 0.5) is 0 Å². The Balaban J connectivity index is 0.00000181. The fourth-order valence-corrected chi connectivity index (χ4v) is 4.16. The van der Waals surface area contributed by atoms with E-state index in [1.807, 2.05) is 56.3 Å². The fraction of sp³-hybridized carbons (Fsp3) is 0.500. The molecule has 0 atom stereocenters. The Hall–Kier alpha value is -2.36. The van der Waals surface area contributed by atoms with Crippen molar-refractivity contribution in [2.45, 2.75) is 38.5 Å². The Kier molecular flexibility index (Phi) is 10.2. The number of piperidine rings is 2. The van der Waals surface area contributed by atoms with Crippen LogP contribution in [0, 0.1) is 12.4 Å². The summed E-state index contributed by atoms with van der Waals surface area (Å²) in [5, 5.41) is 0. The van der Waals surface area contributed by atoms with Crippen molar-refractivity contribution in [3.63, 3.8) is 0 Å². The van der Waals surface area contributed by atoms with Gasteiger partial charge in [-0.3, -0.25) is 9.59 Å². The molecule has 8 heteroatoms. The maximum atomic E-state index is 12.4. The quantitative estimate of drug-likeness (QED) is 0.397. The molecule has 2 amide bonds. The van der Waals surface area contributed by atoms with Crippen LogP contribution in [0.5, 0.6) is 0 Å². The molecule has 32 heavy (non-hydrogen) atoms. The molecule has 6 nitrogen and oxygen atoms in total. The maximum absolute atomic E-state index is 12.4. The van der Waals surface area contributed by atoms with Crippen molar-refractivity contribution in [1.29, 1.82) is 0 Å². The lowest BCUT2D eigenvalue weighted by Gasteiger charge is -2.27. The van der Waals surface area contributed by atoms with E-state index in [-0.39, 0.29) is 36.6 Å². The number of carbonyl (C=O) groups excluding carboxylic acids is 2. The molecule has 0 aromatic carbocycles. The lowest BCUT2D eigenvalue weighted by molar-refractivity contribution is -0.133. The van der Waals surface area contributed by atoms with Gasteiger partial charge in [0.2, 0.25) is 11.8 Å². The first-order valence-electron chi connectivity index (χ1n) is 11.1. The van der Waals surface area contributed by atoms with Crippen LogP contribution in [0.25, 0.3) is 0 Å². The average Bonchev–Trinajstić information content (AvgIpc) is 2.81. The first kappa shape index (κ1) is 25.9. The molecule has 0 aliphatic carbocycles. The Morgan fingerprint density at radius 2 is 1.03 bits per heavy atom. The summed E-state index contributed by atoms with van der Waals surface area (Å²) in [7, 11) is 0. The Bertz CT molecular complexity index is 709. The second-order valence-electron chi connectivity index (χ2n) is 8.23. The zero-order valence-corrected chi connectivity index (χ0v) is 19.8. The standard InChI is InChI=1S/C24H30N4O2.2ClH/c29-23(27-11-3-1-4-12-27)19-25-15-7-21(8-16-25)22-9-17-26(18-10-22)20-24(30)28-13-5-2-6-14-28;;/h7-10,15,17H,1-6,11-14,19-20H2;2*1H/q+2;;/p-2. The van der Waals surface area contributed by atoms with E-state index in [1.165, 1.54) is 12.8 Å². The summed E-state index contributed by atoms with van der Waals surface area (Å²) in [6.45, 7) is 4.16. The zero-order chi connectivity index (χ0) is 20.8. The number of rotatable bonds is 4. The van der Waals surface area contributed by atoms with Gasteiger partial charge in [0.05, 0.1) is 12.2 Å². The highest BCUT2D eigenvalue weighted by atomic mass is 35.5. The lowest BCUT2D eigenvalue weighted by Crippen LogP contribution is -3.00. The van der Waals surface area contributed by atoms with Gasteiger partial charge in [0.15, 0.2) is 11.1 Å². The molecule has 4 aliphatic rings. The molecular weight excluding hydrogens is 447 g/mol. The van der Waals surface area contributed by atoms with Crippen molar-refractivity contribution < 1.29 is 34.4 Å². The Morgan fingerprint density at radius 1 is 0.656 bits per heavy atom. The molecule has 2 fully saturated rings. The van der Waals surface area contributed by atoms with Crippen molar-refractivity contribution >= 4 is 11.8 Å². The molecular formula is C24H30Cl2N4O2. The molecule has 0 aromatic heterocycles. The molecule has 172 valence electrons.